The first-order valence-corrected chi connectivity index (χ1v) is 4.64. The molecule has 3 nitrogen and oxygen atoms in total. The van der Waals surface area contributed by atoms with Crippen LogP contribution in [0, 0.1) is 5.92 Å². The molecule has 1 rings (SSSR count). The highest BCUT2D eigenvalue weighted by molar-refractivity contribution is 5.73. The molecule has 0 saturated heterocycles. The van der Waals surface area contributed by atoms with Gasteiger partial charge in [0.05, 0.1) is 0 Å². The van der Waals surface area contributed by atoms with Crippen molar-refractivity contribution in [3.05, 3.63) is 0 Å². The lowest BCUT2D eigenvalue weighted by Gasteiger charge is -2.12. The van der Waals surface area contributed by atoms with Crippen LogP contribution >= 0.6 is 0 Å². The Labute approximate surface area is 73.2 Å². The van der Waals surface area contributed by atoms with Gasteiger partial charge in [0.2, 0.25) is 0 Å². The second-order valence-corrected chi connectivity index (χ2v) is 3.67. The molecule has 0 aromatic rings. The molecular weight excluding hydrogens is 154 g/mol. The smallest absolute Gasteiger partial charge is 0.320 e. The zero-order chi connectivity index (χ0) is 9.14. The molecule has 0 radical (unpaired) electrons. The summed E-state index contributed by atoms with van der Waals surface area (Å²) in [7, 11) is 0. The molecule has 0 spiro atoms. The molecule has 0 heterocycles. The van der Waals surface area contributed by atoms with E-state index in [2.05, 4.69) is 12.2 Å². The van der Waals surface area contributed by atoms with Crippen molar-refractivity contribution in [3.8, 4) is 0 Å². The van der Waals surface area contributed by atoms with Crippen LogP contribution in [0.25, 0.3) is 0 Å². The van der Waals surface area contributed by atoms with Crippen molar-refractivity contribution in [2.45, 2.75) is 45.2 Å². The summed E-state index contributed by atoms with van der Waals surface area (Å²) in [4.78, 5) is 10.7. The van der Waals surface area contributed by atoms with E-state index < -0.39 is 5.97 Å². The van der Waals surface area contributed by atoms with Crippen LogP contribution in [0.3, 0.4) is 0 Å². The van der Waals surface area contributed by atoms with Crippen molar-refractivity contribution >= 4 is 5.97 Å². The Hall–Kier alpha value is -0.570. The van der Waals surface area contributed by atoms with Crippen LogP contribution in [-0.2, 0) is 4.79 Å². The first kappa shape index (κ1) is 9.52. The summed E-state index contributed by atoms with van der Waals surface area (Å²) >= 11 is 0. The zero-order valence-corrected chi connectivity index (χ0v) is 7.71. The Kier molecular flexibility index (Phi) is 3.09. The van der Waals surface area contributed by atoms with E-state index in [4.69, 9.17) is 5.11 Å². The standard InChI is InChI=1S/C9H17NO2/c1-3-4-7(9(11)12)10-8-5-6(8)2/h6-8,10H,3-5H2,1-2H3,(H,11,12). The summed E-state index contributed by atoms with van der Waals surface area (Å²) in [6.07, 6.45) is 2.79. The highest BCUT2D eigenvalue weighted by atomic mass is 16.4. The largest absolute Gasteiger partial charge is 0.480 e. The minimum absolute atomic E-state index is 0.329. The second-order valence-electron chi connectivity index (χ2n) is 3.67. The van der Waals surface area contributed by atoms with Gasteiger partial charge in [-0.1, -0.05) is 20.3 Å². The molecule has 0 aliphatic heterocycles. The third-order valence-electron chi connectivity index (χ3n) is 2.40. The molecule has 0 aromatic heterocycles. The van der Waals surface area contributed by atoms with E-state index in [1.54, 1.807) is 0 Å². The lowest BCUT2D eigenvalue weighted by atomic mass is 10.1. The number of carbonyl (C=O) groups is 1. The lowest BCUT2D eigenvalue weighted by molar-refractivity contribution is -0.139. The van der Waals surface area contributed by atoms with Crippen molar-refractivity contribution < 1.29 is 9.90 Å². The van der Waals surface area contributed by atoms with Crippen LogP contribution in [-0.4, -0.2) is 23.2 Å². The molecule has 0 aromatic carbocycles. The minimum Gasteiger partial charge on any atom is -0.480 e. The van der Waals surface area contributed by atoms with Gasteiger partial charge in [-0.3, -0.25) is 4.79 Å². The first-order chi connectivity index (χ1) is 5.65. The first-order valence-electron chi connectivity index (χ1n) is 4.64. The van der Waals surface area contributed by atoms with Gasteiger partial charge in [-0.05, 0) is 18.8 Å². The number of aliphatic carboxylic acids is 1. The number of hydrogen-bond donors (Lipinski definition) is 2. The molecule has 1 saturated carbocycles. The summed E-state index contributed by atoms with van der Waals surface area (Å²) in [5.74, 6) is -0.0420. The topological polar surface area (TPSA) is 49.3 Å². The van der Waals surface area contributed by atoms with E-state index in [0.29, 0.717) is 12.0 Å². The van der Waals surface area contributed by atoms with E-state index in [1.165, 1.54) is 0 Å². The predicted octanol–water partition coefficient (Wildman–Crippen LogP) is 1.24. The van der Waals surface area contributed by atoms with Gasteiger partial charge in [-0.15, -0.1) is 0 Å². The zero-order valence-electron chi connectivity index (χ0n) is 7.71. The van der Waals surface area contributed by atoms with E-state index >= 15 is 0 Å². The SMILES string of the molecule is CCCC(NC1CC1C)C(=O)O. The number of carboxylic acid groups (broad SMARTS) is 1. The van der Waals surface area contributed by atoms with Crippen LogP contribution < -0.4 is 5.32 Å². The van der Waals surface area contributed by atoms with E-state index in [9.17, 15) is 4.79 Å². The molecule has 2 N–H and O–H groups in total. The second kappa shape index (κ2) is 3.90. The summed E-state index contributed by atoms with van der Waals surface area (Å²) in [6.45, 7) is 4.15. The Morgan fingerprint density at radius 2 is 2.33 bits per heavy atom. The third-order valence-corrected chi connectivity index (χ3v) is 2.40. The van der Waals surface area contributed by atoms with Crippen LogP contribution in [0.5, 0.6) is 0 Å². The minimum atomic E-state index is -0.712. The Morgan fingerprint density at radius 3 is 2.67 bits per heavy atom. The average Bonchev–Trinajstić information content (AvgIpc) is 2.65. The van der Waals surface area contributed by atoms with Crippen LogP contribution in [0.2, 0.25) is 0 Å². The van der Waals surface area contributed by atoms with Gasteiger partial charge < -0.3 is 10.4 Å². The number of hydrogen-bond acceptors (Lipinski definition) is 2. The summed E-state index contributed by atoms with van der Waals surface area (Å²) in [5, 5.41) is 11.9. The Morgan fingerprint density at radius 1 is 1.75 bits per heavy atom. The monoisotopic (exact) mass is 171 g/mol. The van der Waals surface area contributed by atoms with Gasteiger partial charge in [0.25, 0.3) is 0 Å². The predicted molar refractivity (Wildman–Crippen MR) is 47.0 cm³/mol. The molecule has 1 aliphatic rings. The number of carboxylic acids is 1. The maximum atomic E-state index is 10.7. The van der Waals surface area contributed by atoms with Gasteiger partial charge in [0.1, 0.15) is 6.04 Å². The number of rotatable bonds is 5. The molecule has 3 unspecified atom stereocenters. The van der Waals surface area contributed by atoms with Crippen LogP contribution in [0.4, 0.5) is 0 Å². The quantitative estimate of drug-likeness (QED) is 0.654. The molecule has 3 heteroatoms. The summed E-state index contributed by atoms with van der Waals surface area (Å²) < 4.78 is 0. The van der Waals surface area contributed by atoms with E-state index in [1.807, 2.05) is 6.92 Å². The van der Waals surface area contributed by atoms with Crippen LogP contribution in [0.1, 0.15) is 33.1 Å². The molecule has 1 aliphatic carbocycles. The summed E-state index contributed by atoms with van der Waals surface area (Å²) in [6, 6.07) is 0.127. The van der Waals surface area contributed by atoms with Crippen molar-refractivity contribution in [2.24, 2.45) is 5.92 Å². The van der Waals surface area contributed by atoms with E-state index in [0.717, 1.165) is 19.3 Å². The van der Waals surface area contributed by atoms with Crippen molar-refractivity contribution in [1.29, 1.82) is 0 Å². The Balaban J connectivity index is 2.28. The van der Waals surface area contributed by atoms with Crippen molar-refractivity contribution in [2.75, 3.05) is 0 Å². The average molecular weight is 171 g/mol. The molecule has 12 heavy (non-hydrogen) atoms. The molecule has 0 amide bonds. The van der Waals surface area contributed by atoms with Crippen molar-refractivity contribution in [1.82, 2.24) is 5.32 Å². The van der Waals surface area contributed by atoms with Gasteiger partial charge in [0, 0.05) is 6.04 Å². The van der Waals surface area contributed by atoms with Gasteiger partial charge >= 0.3 is 5.97 Å². The molecule has 1 fully saturated rings. The fourth-order valence-corrected chi connectivity index (χ4v) is 1.38. The molecular formula is C9H17NO2. The molecule has 3 atom stereocenters. The molecule has 0 bridgehead atoms. The van der Waals surface area contributed by atoms with Crippen molar-refractivity contribution in [3.63, 3.8) is 0 Å². The van der Waals surface area contributed by atoms with Gasteiger partial charge in [0.15, 0.2) is 0 Å². The number of nitrogens with one attached hydrogen (secondary N) is 1. The highest BCUT2D eigenvalue weighted by Gasteiger charge is 2.35. The third kappa shape index (κ3) is 2.48. The fraction of sp³-hybridized carbons (Fsp3) is 0.889. The normalized spacial score (nSPS) is 29.8. The van der Waals surface area contributed by atoms with Gasteiger partial charge in [-0.2, -0.15) is 0 Å². The Bertz CT molecular complexity index is 170. The maximum Gasteiger partial charge on any atom is 0.320 e. The van der Waals surface area contributed by atoms with E-state index in [-0.39, 0.29) is 6.04 Å². The fourth-order valence-electron chi connectivity index (χ4n) is 1.38. The maximum absolute atomic E-state index is 10.7. The lowest BCUT2D eigenvalue weighted by Crippen LogP contribution is -2.38. The van der Waals surface area contributed by atoms with Gasteiger partial charge in [-0.25, -0.2) is 0 Å². The highest BCUT2D eigenvalue weighted by Crippen LogP contribution is 2.29. The molecule has 70 valence electrons. The van der Waals surface area contributed by atoms with Crippen LogP contribution in [0.15, 0.2) is 0 Å². The summed E-state index contributed by atoms with van der Waals surface area (Å²) in [5.41, 5.74) is 0.